The Balaban J connectivity index is 1.03. The van der Waals surface area contributed by atoms with Gasteiger partial charge in [0.1, 0.15) is 0 Å². The molecule has 1 aliphatic heterocycles. The van der Waals surface area contributed by atoms with Crippen LogP contribution in [-0.2, 0) is 4.79 Å². The molecule has 190 valence electrons. The van der Waals surface area contributed by atoms with E-state index in [1.54, 1.807) is 6.20 Å². The van der Waals surface area contributed by atoms with E-state index in [9.17, 15) is 4.79 Å². The van der Waals surface area contributed by atoms with Crippen LogP contribution < -0.4 is 15.5 Å². The van der Waals surface area contributed by atoms with Crippen LogP contribution in [0.1, 0.15) is 19.8 Å². The zero-order valence-corrected chi connectivity index (χ0v) is 21.3. The normalized spacial score (nSPS) is 22.8. The first kappa shape index (κ1) is 23.7. The molecule has 7 heteroatoms. The highest BCUT2D eigenvalue weighted by atomic mass is 16.1. The van der Waals surface area contributed by atoms with Gasteiger partial charge in [-0.1, -0.05) is 24.3 Å². The number of hydrogen-bond acceptors (Lipinski definition) is 6. The molecule has 1 saturated carbocycles. The van der Waals surface area contributed by atoms with E-state index in [1.165, 1.54) is 32.0 Å². The molecule has 3 aromatic rings. The summed E-state index contributed by atoms with van der Waals surface area (Å²) in [5.74, 6) is 3.04. The van der Waals surface area contributed by atoms with Gasteiger partial charge in [0, 0.05) is 68.5 Å². The van der Waals surface area contributed by atoms with Gasteiger partial charge in [0.25, 0.3) is 0 Å². The molecule has 2 aromatic carbocycles. The van der Waals surface area contributed by atoms with E-state index in [-0.39, 0.29) is 5.91 Å². The summed E-state index contributed by atoms with van der Waals surface area (Å²) in [7, 11) is 0. The topological polar surface area (TPSA) is 73.4 Å². The van der Waals surface area contributed by atoms with E-state index in [4.69, 9.17) is 0 Å². The van der Waals surface area contributed by atoms with Crippen LogP contribution in [0.2, 0.25) is 0 Å². The Bertz CT molecular complexity index is 1260. The summed E-state index contributed by atoms with van der Waals surface area (Å²) >= 11 is 0. The van der Waals surface area contributed by atoms with Crippen molar-refractivity contribution in [2.45, 2.75) is 19.8 Å². The van der Waals surface area contributed by atoms with E-state index in [1.807, 2.05) is 30.3 Å². The van der Waals surface area contributed by atoms with Gasteiger partial charge in [-0.05, 0) is 73.1 Å². The number of nitrogens with zero attached hydrogens (tertiary/aromatic N) is 4. The van der Waals surface area contributed by atoms with Crippen molar-refractivity contribution >= 4 is 28.9 Å². The van der Waals surface area contributed by atoms with Crippen molar-refractivity contribution in [2.75, 3.05) is 48.3 Å². The fraction of sp³-hybridized carbons (Fsp3) is 0.367. The molecule has 2 N–H and O–H groups in total. The van der Waals surface area contributed by atoms with Crippen LogP contribution in [0, 0.1) is 17.8 Å². The highest BCUT2D eigenvalue weighted by Gasteiger charge is 2.36. The lowest BCUT2D eigenvalue weighted by atomic mass is 9.93. The SMILES string of the molecule is CC(=O)Nc1ccc(-c2ccnc(Nc3ccc(N4CCN(CC5C[C@H]6C=CC5C6)CC4)cc3)n2)cc1. The van der Waals surface area contributed by atoms with Gasteiger partial charge < -0.3 is 15.5 Å². The van der Waals surface area contributed by atoms with Crippen LogP contribution in [0.25, 0.3) is 11.3 Å². The van der Waals surface area contributed by atoms with Crippen molar-refractivity contribution in [3.8, 4) is 11.3 Å². The monoisotopic (exact) mass is 494 g/mol. The van der Waals surface area contributed by atoms with Crippen molar-refractivity contribution in [3.05, 3.63) is 72.9 Å². The van der Waals surface area contributed by atoms with Gasteiger partial charge in [-0.3, -0.25) is 9.69 Å². The average Bonchev–Trinajstić information content (AvgIpc) is 3.54. The lowest BCUT2D eigenvalue weighted by molar-refractivity contribution is -0.114. The van der Waals surface area contributed by atoms with Gasteiger partial charge in [-0.15, -0.1) is 0 Å². The van der Waals surface area contributed by atoms with Crippen molar-refractivity contribution in [1.29, 1.82) is 0 Å². The van der Waals surface area contributed by atoms with E-state index in [0.717, 1.165) is 66.6 Å². The van der Waals surface area contributed by atoms with E-state index >= 15 is 0 Å². The summed E-state index contributed by atoms with van der Waals surface area (Å²) in [6, 6.07) is 18.1. The predicted octanol–water partition coefficient (Wildman–Crippen LogP) is 5.18. The van der Waals surface area contributed by atoms with Gasteiger partial charge in [-0.25, -0.2) is 9.97 Å². The molecule has 2 aliphatic carbocycles. The Labute approximate surface area is 218 Å². The molecule has 3 atom stereocenters. The Kier molecular flexibility index (Phi) is 6.62. The summed E-state index contributed by atoms with van der Waals surface area (Å²) in [5.41, 5.74) is 4.78. The second-order valence-corrected chi connectivity index (χ2v) is 10.5. The molecule has 0 spiro atoms. The molecular weight excluding hydrogens is 460 g/mol. The molecule has 2 unspecified atom stereocenters. The number of carbonyl (C=O) groups excluding carboxylic acids is 1. The van der Waals surface area contributed by atoms with Crippen LogP contribution >= 0.6 is 0 Å². The molecule has 1 amide bonds. The largest absolute Gasteiger partial charge is 0.369 e. The van der Waals surface area contributed by atoms with Gasteiger partial charge in [0.05, 0.1) is 5.69 Å². The zero-order chi connectivity index (χ0) is 25.2. The van der Waals surface area contributed by atoms with Crippen LogP contribution in [0.5, 0.6) is 0 Å². The Morgan fingerprint density at radius 2 is 1.68 bits per heavy atom. The predicted molar refractivity (Wildman–Crippen MR) is 149 cm³/mol. The minimum Gasteiger partial charge on any atom is -0.369 e. The number of allylic oxidation sites excluding steroid dienone is 2. The third-order valence-corrected chi connectivity index (χ3v) is 7.93. The number of benzene rings is 2. The molecule has 1 aromatic heterocycles. The second kappa shape index (κ2) is 10.3. The molecule has 2 fully saturated rings. The summed E-state index contributed by atoms with van der Waals surface area (Å²) in [6.45, 7) is 7.21. The molecular formula is C30H34N6O. The molecule has 0 radical (unpaired) electrons. The molecule has 1 saturated heterocycles. The third kappa shape index (κ3) is 5.52. The second-order valence-electron chi connectivity index (χ2n) is 10.5. The number of aromatic nitrogens is 2. The minimum absolute atomic E-state index is 0.0850. The standard InChI is InChI=1S/C30H34N6O/c1-21(37)32-26-6-4-23(5-7-26)29-12-13-31-30(34-29)33-27-8-10-28(11-9-27)36-16-14-35(15-17-36)20-25-19-22-2-3-24(25)18-22/h2-13,22,24-25H,14-20H2,1H3,(H,32,37)(H,31,33,34)/t22-,24?,25?/m0/s1. The van der Waals surface area contributed by atoms with Crippen molar-refractivity contribution < 1.29 is 4.79 Å². The fourth-order valence-corrected chi connectivity index (χ4v) is 6.02. The molecule has 7 nitrogen and oxygen atoms in total. The van der Waals surface area contributed by atoms with E-state index in [0.29, 0.717) is 5.95 Å². The number of fused-ring (bicyclic) bond motifs is 2. The minimum atomic E-state index is -0.0850. The smallest absolute Gasteiger partial charge is 0.227 e. The van der Waals surface area contributed by atoms with Crippen LogP contribution in [-0.4, -0.2) is 53.5 Å². The van der Waals surface area contributed by atoms with Crippen molar-refractivity contribution in [1.82, 2.24) is 14.9 Å². The summed E-state index contributed by atoms with van der Waals surface area (Å²) < 4.78 is 0. The maximum absolute atomic E-state index is 11.2. The maximum Gasteiger partial charge on any atom is 0.227 e. The average molecular weight is 495 g/mol. The number of carbonyl (C=O) groups is 1. The molecule has 6 rings (SSSR count). The van der Waals surface area contributed by atoms with E-state index in [2.05, 4.69) is 66.8 Å². The zero-order valence-electron chi connectivity index (χ0n) is 21.3. The summed E-state index contributed by atoms with van der Waals surface area (Å²) in [5, 5.41) is 6.12. The quantitative estimate of drug-likeness (QED) is 0.441. The number of nitrogens with one attached hydrogen (secondary N) is 2. The number of rotatable bonds is 7. The van der Waals surface area contributed by atoms with Gasteiger partial charge in [0.15, 0.2) is 0 Å². The van der Waals surface area contributed by atoms with Gasteiger partial charge >= 0.3 is 0 Å². The first-order valence-electron chi connectivity index (χ1n) is 13.3. The molecule has 2 heterocycles. The van der Waals surface area contributed by atoms with E-state index < -0.39 is 0 Å². The van der Waals surface area contributed by atoms with Crippen LogP contribution in [0.4, 0.5) is 23.0 Å². The number of piperazine rings is 1. The lowest BCUT2D eigenvalue weighted by Crippen LogP contribution is -2.48. The van der Waals surface area contributed by atoms with Crippen molar-refractivity contribution in [2.24, 2.45) is 17.8 Å². The Morgan fingerprint density at radius 3 is 2.35 bits per heavy atom. The number of hydrogen-bond donors (Lipinski definition) is 2. The third-order valence-electron chi connectivity index (χ3n) is 7.93. The highest BCUT2D eigenvalue weighted by Crippen LogP contribution is 2.43. The van der Waals surface area contributed by atoms with Gasteiger partial charge in [-0.2, -0.15) is 0 Å². The number of amides is 1. The summed E-state index contributed by atoms with van der Waals surface area (Å²) in [4.78, 5) is 25.5. The maximum atomic E-state index is 11.2. The van der Waals surface area contributed by atoms with Crippen LogP contribution in [0.15, 0.2) is 72.9 Å². The van der Waals surface area contributed by atoms with Gasteiger partial charge in [0.2, 0.25) is 11.9 Å². The Morgan fingerprint density at radius 1 is 0.919 bits per heavy atom. The number of anilines is 4. The highest BCUT2D eigenvalue weighted by molar-refractivity contribution is 5.88. The molecule has 2 bridgehead atoms. The molecule has 37 heavy (non-hydrogen) atoms. The Hall–Kier alpha value is -3.71. The van der Waals surface area contributed by atoms with Crippen molar-refractivity contribution in [3.63, 3.8) is 0 Å². The van der Waals surface area contributed by atoms with Crippen LogP contribution in [0.3, 0.4) is 0 Å². The first-order chi connectivity index (χ1) is 18.1. The fourth-order valence-electron chi connectivity index (χ4n) is 6.02. The summed E-state index contributed by atoms with van der Waals surface area (Å²) in [6.07, 6.45) is 9.46. The lowest BCUT2D eigenvalue weighted by Gasteiger charge is -2.38. The molecule has 3 aliphatic rings. The first-order valence-corrected chi connectivity index (χ1v) is 13.3.